The molecule has 1 radical (unpaired) electrons. The van der Waals surface area contributed by atoms with Gasteiger partial charge in [0.1, 0.15) is 0 Å². The summed E-state index contributed by atoms with van der Waals surface area (Å²) in [6.45, 7) is 4.29. The van der Waals surface area contributed by atoms with Gasteiger partial charge in [-0.15, -0.1) is 11.3 Å². The van der Waals surface area contributed by atoms with Crippen LogP contribution < -0.4 is 0 Å². The Hall–Kier alpha value is -1.15. The lowest BCUT2D eigenvalue weighted by Crippen LogP contribution is -1.84. The largest absolute Gasteiger partial charge is 0.233 e. The van der Waals surface area contributed by atoms with Crippen LogP contribution in [-0.2, 0) is 6.42 Å². The molecule has 0 saturated carbocycles. The number of aryl methyl sites for hydroxylation is 2. The highest BCUT2D eigenvalue weighted by molar-refractivity contribution is 7.09. The van der Waals surface area contributed by atoms with Gasteiger partial charge in [0, 0.05) is 10.4 Å². The Labute approximate surface area is 94.8 Å². The first-order valence-corrected chi connectivity index (χ1v) is 6.05. The van der Waals surface area contributed by atoms with Gasteiger partial charge in [0.2, 0.25) is 0 Å². The molecule has 0 N–H and O–H groups in total. The molecule has 0 atom stereocenters. The Morgan fingerprint density at radius 1 is 1.27 bits per heavy atom. The predicted octanol–water partition coefficient (Wildman–Crippen LogP) is 3.87. The van der Waals surface area contributed by atoms with Crippen LogP contribution in [0.2, 0.25) is 0 Å². The molecule has 77 valence electrons. The fourth-order valence-electron chi connectivity index (χ4n) is 1.65. The van der Waals surface area contributed by atoms with E-state index in [2.05, 4.69) is 48.6 Å². The average molecular weight is 216 g/mol. The highest BCUT2D eigenvalue weighted by Crippen LogP contribution is 2.24. The summed E-state index contributed by atoms with van der Waals surface area (Å²) in [7, 11) is 0. The van der Waals surface area contributed by atoms with Crippen molar-refractivity contribution in [2.75, 3.05) is 0 Å². The predicted molar refractivity (Wildman–Crippen MR) is 65.1 cm³/mol. The molecule has 1 aromatic heterocycles. The third-order valence-corrected chi connectivity index (χ3v) is 3.14. The Morgan fingerprint density at radius 3 is 2.53 bits per heavy atom. The van der Waals surface area contributed by atoms with Crippen molar-refractivity contribution in [3.05, 3.63) is 40.2 Å². The van der Waals surface area contributed by atoms with Crippen molar-refractivity contribution >= 4 is 11.3 Å². The van der Waals surface area contributed by atoms with E-state index < -0.39 is 0 Å². The zero-order valence-corrected chi connectivity index (χ0v) is 9.90. The summed E-state index contributed by atoms with van der Waals surface area (Å²) in [6, 6.07) is 8.69. The minimum atomic E-state index is 1.07. The summed E-state index contributed by atoms with van der Waals surface area (Å²) in [6.07, 6.45) is 2.35. The number of rotatable bonds is 3. The van der Waals surface area contributed by atoms with E-state index >= 15 is 0 Å². The molecule has 2 aromatic rings. The van der Waals surface area contributed by atoms with E-state index in [9.17, 15) is 0 Å². The van der Waals surface area contributed by atoms with E-state index in [0.717, 1.165) is 12.1 Å². The zero-order valence-electron chi connectivity index (χ0n) is 9.08. The molecule has 0 saturated heterocycles. The number of nitrogens with zero attached hydrogens (tertiary/aromatic N) is 1. The Bertz CT molecular complexity index is 428. The summed E-state index contributed by atoms with van der Waals surface area (Å²) < 4.78 is 0. The molecule has 2 heteroatoms. The summed E-state index contributed by atoms with van der Waals surface area (Å²) in [5.74, 6) is 0. The van der Waals surface area contributed by atoms with Gasteiger partial charge in [0.15, 0.2) is 5.51 Å². The number of hydrogen-bond donors (Lipinski definition) is 0. The van der Waals surface area contributed by atoms with Crippen molar-refractivity contribution in [3.63, 3.8) is 0 Å². The standard InChI is InChI=1S/C13H14NS/c1-3-4-11-5-7-12(8-6-11)13-10(2)15-9-14-13/h5-8H,3-4H2,1-2H3. The molecule has 0 amide bonds. The summed E-state index contributed by atoms with van der Waals surface area (Å²) in [5.41, 5.74) is 6.60. The Kier molecular flexibility index (Phi) is 3.17. The molecular weight excluding hydrogens is 202 g/mol. The van der Waals surface area contributed by atoms with E-state index in [1.54, 1.807) is 11.3 Å². The normalized spacial score (nSPS) is 10.5. The first-order chi connectivity index (χ1) is 7.31. The highest BCUT2D eigenvalue weighted by Gasteiger charge is 2.04. The molecule has 0 bridgehead atoms. The minimum absolute atomic E-state index is 1.07. The maximum Gasteiger partial charge on any atom is 0.153 e. The van der Waals surface area contributed by atoms with Crippen molar-refractivity contribution in [3.8, 4) is 11.3 Å². The number of benzene rings is 1. The molecule has 2 rings (SSSR count). The Morgan fingerprint density at radius 2 is 2.00 bits per heavy atom. The lowest BCUT2D eigenvalue weighted by atomic mass is 10.1. The van der Waals surface area contributed by atoms with Gasteiger partial charge >= 0.3 is 0 Å². The number of aromatic nitrogens is 1. The summed E-state index contributed by atoms with van der Waals surface area (Å²) in [4.78, 5) is 5.49. The zero-order chi connectivity index (χ0) is 10.7. The van der Waals surface area contributed by atoms with Gasteiger partial charge < -0.3 is 0 Å². The summed E-state index contributed by atoms with van der Waals surface area (Å²) >= 11 is 1.58. The monoisotopic (exact) mass is 216 g/mol. The quantitative estimate of drug-likeness (QED) is 0.759. The van der Waals surface area contributed by atoms with Gasteiger partial charge in [-0.05, 0) is 18.9 Å². The van der Waals surface area contributed by atoms with Crippen LogP contribution >= 0.6 is 11.3 Å². The van der Waals surface area contributed by atoms with Crippen LogP contribution in [0, 0.1) is 12.4 Å². The molecule has 1 aromatic carbocycles. The van der Waals surface area contributed by atoms with Crippen molar-refractivity contribution in [2.45, 2.75) is 26.7 Å². The minimum Gasteiger partial charge on any atom is -0.233 e. The second-order valence-corrected chi connectivity index (χ2v) is 4.66. The number of hydrogen-bond acceptors (Lipinski definition) is 2. The fraction of sp³-hybridized carbons (Fsp3) is 0.308. The molecule has 15 heavy (non-hydrogen) atoms. The van der Waals surface area contributed by atoms with Crippen LogP contribution in [-0.4, -0.2) is 4.98 Å². The topological polar surface area (TPSA) is 12.9 Å². The van der Waals surface area contributed by atoms with Crippen LogP contribution in [0.1, 0.15) is 23.8 Å². The highest BCUT2D eigenvalue weighted by atomic mass is 32.1. The van der Waals surface area contributed by atoms with Gasteiger partial charge in [-0.1, -0.05) is 37.6 Å². The van der Waals surface area contributed by atoms with Gasteiger partial charge in [-0.3, -0.25) is 0 Å². The third-order valence-electron chi connectivity index (χ3n) is 2.46. The van der Waals surface area contributed by atoms with Crippen molar-refractivity contribution in [1.29, 1.82) is 0 Å². The van der Waals surface area contributed by atoms with E-state index in [0.29, 0.717) is 0 Å². The van der Waals surface area contributed by atoms with E-state index in [1.165, 1.54) is 22.4 Å². The molecular formula is C13H14NS. The summed E-state index contributed by atoms with van der Waals surface area (Å²) in [5, 5.41) is 0. The van der Waals surface area contributed by atoms with Crippen LogP contribution in [0.4, 0.5) is 0 Å². The fourth-order valence-corrected chi connectivity index (χ4v) is 2.18. The van der Waals surface area contributed by atoms with Crippen molar-refractivity contribution in [2.24, 2.45) is 0 Å². The molecule has 0 aliphatic carbocycles. The maximum atomic E-state index is 4.26. The average Bonchev–Trinajstić information content (AvgIpc) is 2.66. The molecule has 0 fully saturated rings. The lowest BCUT2D eigenvalue weighted by molar-refractivity contribution is 0.922. The van der Waals surface area contributed by atoms with Crippen molar-refractivity contribution < 1.29 is 0 Å². The molecule has 1 heterocycles. The van der Waals surface area contributed by atoms with E-state index in [4.69, 9.17) is 0 Å². The second kappa shape index (κ2) is 4.58. The molecule has 0 spiro atoms. The number of thiazole rings is 1. The molecule has 1 nitrogen and oxygen atoms in total. The van der Waals surface area contributed by atoms with Crippen LogP contribution in [0.5, 0.6) is 0 Å². The van der Waals surface area contributed by atoms with Crippen molar-refractivity contribution in [1.82, 2.24) is 4.98 Å². The molecule has 0 aliphatic heterocycles. The van der Waals surface area contributed by atoms with Gasteiger partial charge in [0.05, 0.1) is 5.69 Å². The molecule has 0 aliphatic rings. The van der Waals surface area contributed by atoms with Crippen LogP contribution in [0.25, 0.3) is 11.3 Å². The van der Waals surface area contributed by atoms with Gasteiger partial charge in [0.25, 0.3) is 0 Å². The van der Waals surface area contributed by atoms with Crippen LogP contribution in [0.15, 0.2) is 24.3 Å². The molecule has 0 unspecified atom stereocenters. The Balaban J connectivity index is 2.28. The SMILES string of the molecule is CCCc1ccc(-c2n[c]sc2C)cc1. The second-order valence-electron chi connectivity index (χ2n) is 3.66. The first kappa shape index (κ1) is 10.4. The van der Waals surface area contributed by atoms with E-state index in [1.807, 2.05) is 0 Å². The maximum absolute atomic E-state index is 4.26. The smallest absolute Gasteiger partial charge is 0.153 e. The third kappa shape index (κ3) is 2.26. The van der Waals surface area contributed by atoms with Crippen LogP contribution in [0.3, 0.4) is 0 Å². The lowest BCUT2D eigenvalue weighted by Gasteiger charge is -2.01. The van der Waals surface area contributed by atoms with Gasteiger partial charge in [-0.25, -0.2) is 4.98 Å². The van der Waals surface area contributed by atoms with Gasteiger partial charge in [-0.2, -0.15) is 0 Å². The van der Waals surface area contributed by atoms with E-state index in [-0.39, 0.29) is 0 Å². The first-order valence-electron chi connectivity index (χ1n) is 5.24.